The highest BCUT2D eigenvalue weighted by atomic mass is 16.4. The van der Waals surface area contributed by atoms with Crippen molar-refractivity contribution in [1.29, 1.82) is 0 Å². The number of hydrogen-bond donors (Lipinski definition) is 1. The maximum absolute atomic E-state index is 11.5. The molecule has 1 saturated heterocycles. The summed E-state index contributed by atoms with van der Waals surface area (Å²) in [6.45, 7) is 10.9. The molecule has 112 valence electrons. The predicted octanol–water partition coefficient (Wildman–Crippen LogP) is 3.78. The number of carboxylic acid groups (broad SMARTS) is 1. The molecule has 0 aromatic carbocycles. The van der Waals surface area contributed by atoms with Crippen molar-refractivity contribution in [2.24, 2.45) is 11.3 Å². The van der Waals surface area contributed by atoms with E-state index in [4.69, 9.17) is 0 Å². The monoisotopic (exact) mass is 269 g/mol. The van der Waals surface area contributed by atoms with Gasteiger partial charge in [0.1, 0.15) is 6.04 Å². The fraction of sp³-hybridized carbons (Fsp3) is 0.938. The second-order valence-corrected chi connectivity index (χ2v) is 7.03. The highest BCUT2D eigenvalue weighted by molar-refractivity contribution is 5.73. The van der Waals surface area contributed by atoms with Gasteiger partial charge in [-0.1, -0.05) is 40.5 Å². The Bertz CT molecular complexity index is 283. The second-order valence-electron chi connectivity index (χ2n) is 7.03. The summed E-state index contributed by atoms with van der Waals surface area (Å²) < 4.78 is 0. The Morgan fingerprint density at radius 1 is 1.32 bits per heavy atom. The quantitative estimate of drug-likeness (QED) is 0.825. The van der Waals surface area contributed by atoms with Crippen molar-refractivity contribution >= 4 is 5.97 Å². The van der Waals surface area contributed by atoms with Gasteiger partial charge in [0.05, 0.1) is 0 Å². The first kappa shape index (κ1) is 16.5. The standard InChI is InChI=1S/C16H31NO2/c1-5-6-9-14(15(18)19)17-11-7-8-13(10-12-17)16(2,3)4/h13-14H,5-12H2,1-4H3,(H,18,19). The molecule has 0 spiro atoms. The van der Waals surface area contributed by atoms with Gasteiger partial charge >= 0.3 is 5.97 Å². The summed E-state index contributed by atoms with van der Waals surface area (Å²) in [4.78, 5) is 13.7. The molecule has 2 atom stereocenters. The third-order valence-electron chi connectivity index (χ3n) is 4.54. The Morgan fingerprint density at radius 3 is 2.53 bits per heavy atom. The molecular formula is C16H31NO2. The molecule has 1 N–H and O–H groups in total. The van der Waals surface area contributed by atoms with Crippen LogP contribution in [0.25, 0.3) is 0 Å². The average Bonchev–Trinajstić information content (AvgIpc) is 2.54. The predicted molar refractivity (Wildman–Crippen MR) is 79.3 cm³/mol. The summed E-state index contributed by atoms with van der Waals surface area (Å²) in [5.74, 6) is 0.0841. The second kappa shape index (κ2) is 7.28. The van der Waals surface area contributed by atoms with E-state index in [1.165, 1.54) is 6.42 Å². The van der Waals surface area contributed by atoms with Crippen molar-refractivity contribution in [1.82, 2.24) is 4.90 Å². The Morgan fingerprint density at radius 2 is 2.00 bits per heavy atom. The minimum Gasteiger partial charge on any atom is -0.480 e. The van der Waals surface area contributed by atoms with Gasteiger partial charge in [-0.05, 0) is 50.1 Å². The lowest BCUT2D eigenvalue weighted by Crippen LogP contribution is -2.42. The lowest BCUT2D eigenvalue weighted by atomic mass is 9.77. The topological polar surface area (TPSA) is 40.5 Å². The lowest BCUT2D eigenvalue weighted by Gasteiger charge is -2.31. The fourth-order valence-corrected chi connectivity index (χ4v) is 3.16. The van der Waals surface area contributed by atoms with Crippen molar-refractivity contribution in [3.63, 3.8) is 0 Å². The molecule has 0 aromatic heterocycles. The van der Waals surface area contributed by atoms with Crippen LogP contribution in [0.4, 0.5) is 0 Å². The van der Waals surface area contributed by atoms with Crippen molar-refractivity contribution in [2.45, 2.75) is 72.3 Å². The molecule has 3 heteroatoms. The Hall–Kier alpha value is -0.570. The first-order valence-electron chi connectivity index (χ1n) is 7.83. The smallest absolute Gasteiger partial charge is 0.320 e. The first-order valence-corrected chi connectivity index (χ1v) is 7.83. The molecule has 0 radical (unpaired) electrons. The summed E-state index contributed by atoms with van der Waals surface area (Å²) in [5.41, 5.74) is 0.345. The molecule has 0 aromatic rings. The van der Waals surface area contributed by atoms with Gasteiger partial charge in [0.25, 0.3) is 0 Å². The lowest BCUT2D eigenvalue weighted by molar-refractivity contribution is -0.143. The van der Waals surface area contributed by atoms with Gasteiger partial charge in [0, 0.05) is 0 Å². The SMILES string of the molecule is CCCCC(C(=O)O)N1CCCC(C(C)(C)C)CC1. The zero-order valence-electron chi connectivity index (χ0n) is 13.1. The number of hydrogen-bond acceptors (Lipinski definition) is 2. The normalized spacial score (nSPS) is 23.9. The summed E-state index contributed by atoms with van der Waals surface area (Å²) in [6, 6.07) is -0.265. The number of carbonyl (C=O) groups is 1. The molecule has 1 rings (SSSR count). The number of likely N-dealkylation sites (tertiary alicyclic amines) is 1. The van der Waals surface area contributed by atoms with E-state index in [1.807, 2.05) is 0 Å². The minimum absolute atomic E-state index is 0.265. The molecule has 1 heterocycles. The van der Waals surface area contributed by atoms with Crippen LogP contribution in [0.2, 0.25) is 0 Å². The zero-order chi connectivity index (χ0) is 14.5. The van der Waals surface area contributed by atoms with E-state index in [2.05, 4.69) is 32.6 Å². The van der Waals surface area contributed by atoms with Crippen LogP contribution in [0.3, 0.4) is 0 Å². The molecule has 3 nitrogen and oxygen atoms in total. The van der Waals surface area contributed by atoms with Gasteiger partial charge in [-0.2, -0.15) is 0 Å². The molecule has 1 fully saturated rings. The molecule has 0 aliphatic carbocycles. The van der Waals surface area contributed by atoms with Gasteiger partial charge in [0.15, 0.2) is 0 Å². The van der Waals surface area contributed by atoms with Crippen molar-refractivity contribution in [3.8, 4) is 0 Å². The molecule has 0 bridgehead atoms. The summed E-state index contributed by atoms with van der Waals surface area (Å²) in [7, 11) is 0. The first-order chi connectivity index (χ1) is 8.86. The molecular weight excluding hydrogens is 238 g/mol. The number of carboxylic acids is 1. The van der Waals surface area contributed by atoms with Crippen LogP contribution >= 0.6 is 0 Å². The molecule has 1 aliphatic heterocycles. The molecule has 1 aliphatic rings. The van der Waals surface area contributed by atoms with E-state index in [0.717, 1.165) is 51.1 Å². The Kier molecular flexibility index (Phi) is 6.31. The molecule has 0 saturated carbocycles. The van der Waals surface area contributed by atoms with Gasteiger partial charge in [-0.3, -0.25) is 9.69 Å². The van der Waals surface area contributed by atoms with Crippen LogP contribution in [0.15, 0.2) is 0 Å². The fourth-order valence-electron chi connectivity index (χ4n) is 3.16. The minimum atomic E-state index is -0.636. The average molecular weight is 269 g/mol. The maximum atomic E-state index is 11.5. The Labute approximate surface area is 118 Å². The van der Waals surface area contributed by atoms with E-state index < -0.39 is 5.97 Å². The largest absolute Gasteiger partial charge is 0.480 e. The van der Waals surface area contributed by atoms with E-state index >= 15 is 0 Å². The summed E-state index contributed by atoms with van der Waals surface area (Å²) in [6.07, 6.45) is 6.39. The van der Waals surface area contributed by atoms with Crippen LogP contribution in [0, 0.1) is 11.3 Å². The number of unbranched alkanes of at least 4 members (excludes halogenated alkanes) is 1. The molecule has 0 amide bonds. The van der Waals surface area contributed by atoms with E-state index in [0.29, 0.717) is 5.41 Å². The van der Waals surface area contributed by atoms with Crippen LogP contribution in [-0.4, -0.2) is 35.1 Å². The van der Waals surface area contributed by atoms with Crippen molar-refractivity contribution < 1.29 is 9.90 Å². The number of aliphatic carboxylic acids is 1. The number of rotatable bonds is 5. The van der Waals surface area contributed by atoms with Gasteiger partial charge in [-0.15, -0.1) is 0 Å². The molecule has 2 unspecified atom stereocenters. The third-order valence-corrected chi connectivity index (χ3v) is 4.54. The highest BCUT2D eigenvalue weighted by Crippen LogP contribution is 2.34. The summed E-state index contributed by atoms with van der Waals surface area (Å²) >= 11 is 0. The van der Waals surface area contributed by atoms with Gasteiger partial charge < -0.3 is 5.11 Å². The van der Waals surface area contributed by atoms with Crippen LogP contribution < -0.4 is 0 Å². The van der Waals surface area contributed by atoms with Crippen molar-refractivity contribution in [3.05, 3.63) is 0 Å². The van der Waals surface area contributed by atoms with Crippen LogP contribution in [-0.2, 0) is 4.79 Å². The Balaban J connectivity index is 2.61. The molecule has 19 heavy (non-hydrogen) atoms. The van der Waals surface area contributed by atoms with E-state index in [9.17, 15) is 9.90 Å². The highest BCUT2D eigenvalue weighted by Gasteiger charge is 2.31. The summed E-state index contributed by atoms with van der Waals surface area (Å²) in [5, 5.41) is 9.43. The third kappa shape index (κ3) is 5.13. The van der Waals surface area contributed by atoms with Gasteiger partial charge in [0.2, 0.25) is 0 Å². The van der Waals surface area contributed by atoms with Crippen molar-refractivity contribution in [2.75, 3.05) is 13.1 Å². The van der Waals surface area contributed by atoms with E-state index in [-0.39, 0.29) is 6.04 Å². The van der Waals surface area contributed by atoms with Gasteiger partial charge in [-0.25, -0.2) is 0 Å². The van der Waals surface area contributed by atoms with E-state index in [1.54, 1.807) is 0 Å². The maximum Gasteiger partial charge on any atom is 0.320 e. The zero-order valence-corrected chi connectivity index (χ0v) is 13.1. The van der Waals surface area contributed by atoms with Crippen LogP contribution in [0.5, 0.6) is 0 Å². The van der Waals surface area contributed by atoms with Crippen LogP contribution in [0.1, 0.15) is 66.2 Å². The number of nitrogens with zero attached hydrogens (tertiary/aromatic N) is 1.